The van der Waals surface area contributed by atoms with E-state index in [0.717, 1.165) is 11.3 Å². The van der Waals surface area contributed by atoms with Crippen molar-refractivity contribution in [1.82, 2.24) is 20.0 Å². The molecule has 0 radical (unpaired) electrons. The van der Waals surface area contributed by atoms with E-state index in [0.29, 0.717) is 38.6 Å². The van der Waals surface area contributed by atoms with E-state index < -0.39 is 0 Å². The van der Waals surface area contributed by atoms with Crippen LogP contribution in [0.25, 0.3) is 11.3 Å². The summed E-state index contributed by atoms with van der Waals surface area (Å²) in [5, 5.41) is 1.79. The first-order chi connectivity index (χ1) is 12.7. The second-order valence-corrected chi connectivity index (χ2v) is 5.83. The fraction of sp³-hybridized carbons (Fsp3) is 0.389. The lowest BCUT2D eigenvalue weighted by atomic mass is 10.1. The SMILES string of the molecule is CCOc1ccc(-c2cc(=O)n(CC(=O)NN3CCOCC3)cn2)cc1. The first kappa shape index (κ1) is 18.1. The molecule has 1 saturated heterocycles. The van der Waals surface area contributed by atoms with Crippen molar-refractivity contribution < 1.29 is 14.3 Å². The molecule has 1 aromatic heterocycles. The summed E-state index contributed by atoms with van der Waals surface area (Å²) in [6.45, 7) is 4.87. The molecular weight excluding hydrogens is 336 g/mol. The van der Waals surface area contributed by atoms with E-state index in [2.05, 4.69) is 10.4 Å². The monoisotopic (exact) mass is 358 g/mol. The van der Waals surface area contributed by atoms with E-state index in [1.54, 1.807) is 5.01 Å². The van der Waals surface area contributed by atoms with Gasteiger partial charge in [0.15, 0.2) is 0 Å². The Morgan fingerprint density at radius 2 is 2.00 bits per heavy atom. The molecule has 8 nitrogen and oxygen atoms in total. The van der Waals surface area contributed by atoms with E-state index in [9.17, 15) is 9.59 Å². The second kappa shape index (κ2) is 8.59. The average molecular weight is 358 g/mol. The van der Waals surface area contributed by atoms with Crippen molar-refractivity contribution in [2.75, 3.05) is 32.9 Å². The molecule has 0 spiro atoms. The molecule has 1 N–H and O–H groups in total. The molecule has 2 aromatic rings. The summed E-state index contributed by atoms with van der Waals surface area (Å²) in [5.41, 5.74) is 3.87. The molecule has 0 bridgehead atoms. The minimum atomic E-state index is -0.277. The molecule has 1 aromatic carbocycles. The number of benzene rings is 1. The topological polar surface area (TPSA) is 85.7 Å². The molecule has 0 aliphatic carbocycles. The van der Waals surface area contributed by atoms with Crippen LogP contribution >= 0.6 is 0 Å². The highest BCUT2D eigenvalue weighted by molar-refractivity contribution is 5.75. The van der Waals surface area contributed by atoms with Gasteiger partial charge in [-0.2, -0.15) is 0 Å². The lowest BCUT2D eigenvalue weighted by Gasteiger charge is -2.26. The largest absolute Gasteiger partial charge is 0.494 e. The quantitative estimate of drug-likeness (QED) is 0.817. The number of carbonyl (C=O) groups excluding carboxylic acids is 1. The molecule has 1 aliphatic heterocycles. The third kappa shape index (κ3) is 4.68. The van der Waals surface area contributed by atoms with Crippen molar-refractivity contribution >= 4 is 5.91 Å². The van der Waals surface area contributed by atoms with Gasteiger partial charge in [0, 0.05) is 24.7 Å². The Balaban J connectivity index is 1.65. The first-order valence-corrected chi connectivity index (χ1v) is 8.57. The van der Waals surface area contributed by atoms with Crippen LogP contribution in [0, 0.1) is 0 Å². The highest BCUT2D eigenvalue weighted by Gasteiger charge is 2.14. The Bertz CT molecular complexity index is 798. The van der Waals surface area contributed by atoms with Gasteiger partial charge in [-0.15, -0.1) is 0 Å². The summed E-state index contributed by atoms with van der Waals surface area (Å²) in [5.74, 6) is 0.508. The van der Waals surface area contributed by atoms with Crippen LogP contribution in [0.3, 0.4) is 0 Å². The van der Waals surface area contributed by atoms with Crippen LogP contribution < -0.4 is 15.7 Å². The fourth-order valence-corrected chi connectivity index (χ4v) is 2.63. The number of carbonyl (C=O) groups is 1. The van der Waals surface area contributed by atoms with Crippen LogP contribution in [-0.2, 0) is 16.1 Å². The molecule has 0 saturated carbocycles. The van der Waals surface area contributed by atoms with Crippen LogP contribution in [0.15, 0.2) is 41.5 Å². The molecule has 0 atom stereocenters. The van der Waals surface area contributed by atoms with E-state index in [4.69, 9.17) is 9.47 Å². The number of ether oxygens (including phenoxy) is 2. The molecule has 8 heteroatoms. The summed E-state index contributed by atoms with van der Waals surface area (Å²) >= 11 is 0. The summed E-state index contributed by atoms with van der Waals surface area (Å²) in [7, 11) is 0. The maximum absolute atomic E-state index is 12.3. The smallest absolute Gasteiger partial charge is 0.254 e. The second-order valence-electron chi connectivity index (χ2n) is 5.83. The van der Waals surface area contributed by atoms with Crippen molar-refractivity contribution in [2.45, 2.75) is 13.5 Å². The highest BCUT2D eigenvalue weighted by atomic mass is 16.5. The zero-order valence-electron chi connectivity index (χ0n) is 14.7. The Labute approximate surface area is 151 Å². The van der Waals surface area contributed by atoms with Crippen molar-refractivity contribution in [3.05, 3.63) is 47.0 Å². The number of hydrogen-bond donors (Lipinski definition) is 1. The van der Waals surface area contributed by atoms with Crippen LogP contribution in [0.2, 0.25) is 0 Å². The van der Waals surface area contributed by atoms with Crippen LogP contribution in [-0.4, -0.2) is 53.4 Å². The maximum Gasteiger partial charge on any atom is 0.254 e. The van der Waals surface area contributed by atoms with Gasteiger partial charge in [0.05, 0.1) is 31.8 Å². The predicted molar refractivity (Wildman–Crippen MR) is 95.6 cm³/mol. The Morgan fingerprint density at radius 3 is 2.65 bits per heavy atom. The van der Waals surface area contributed by atoms with Gasteiger partial charge in [0.25, 0.3) is 11.5 Å². The van der Waals surface area contributed by atoms with Crippen molar-refractivity contribution in [1.29, 1.82) is 0 Å². The minimum absolute atomic E-state index is 0.0766. The number of nitrogens with zero attached hydrogens (tertiary/aromatic N) is 3. The average Bonchev–Trinajstić information content (AvgIpc) is 2.65. The molecule has 1 amide bonds. The van der Waals surface area contributed by atoms with Gasteiger partial charge in [-0.25, -0.2) is 9.99 Å². The van der Waals surface area contributed by atoms with Crippen LogP contribution in [0.5, 0.6) is 5.75 Å². The van der Waals surface area contributed by atoms with Gasteiger partial charge < -0.3 is 9.47 Å². The molecular formula is C18H22N4O4. The first-order valence-electron chi connectivity index (χ1n) is 8.57. The van der Waals surface area contributed by atoms with Crippen molar-refractivity contribution in [3.8, 4) is 17.0 Å². The number of nitrogens with one attached hydrogen (secondary N) is 1. The summed E-state index contributed by atoms with van der Waals surface area (Å²) in [6, 6.07) is 8.80. The number of rotatable bonds is 6. The Hall–Kier alpha value is -2.71. The third-order valence-corrected chi connectivity index (χ3v) is 3.95. The summed E-state index contributed by atoms with van der Waals surface area (Å²) < 4.78 is 11.9. The Morgan fingerprint density at radius 1 is 1.27 bits per heavy atom. The van der Waals surface area contributed by atoms with Crippen molar-refractivity contribution in [2.24, 2.45) is 0 Å². The lowest BCUT2D eigenvalue weighted by Crippen LogP contribution is -2.49. The van der Waals surface area contributed by atoms with Gasteiger partial charge in [-0.1, -0.05) is 0 Å². The van der Waals surface area contributed by atoms with Gasteiger partial charge in [-0.3, -0.25) is 19.6 Å². The summed E-state index contributed by atoms with van der Waals surface area (Å²) in [4.78, 5) is 28.7. The zero-order valence-corrected chi connectivity index (χ0v) is 14.7. The molecule has 26 heavy (non-hydrogen) atoms. The molecule has 0 unspecified atom stereocenters. The third-order valence-electron chi connectivity index (χ3n) is 3.95. The normalized spacial score (nSPS) is 14.8. The molecule has 3 rings (SSSR count). The molecule has 1 aliphatic rings. The number of hydrazine groups is 1. The van der Waals surface area contributed by atoms with Gasteiger partial charge in [0.1, 0.15) is 12.3 Å². The number of amides is 1. The standard InChI is InChI=1S/C18H22N4O4/c1-2-26-15-5-3-14(4-6-15)16-11-18(24)21(13-19-16)12-17(23)20-22-7-9-25-10-8-22/h3-6,11,13H,2,7-10,12H2,1H3,(H,20,23). The number of aromatic nitrogens is 2. The van der Waals surface area contributed by atoms with Gasteiger partial charge in [0.2, 0.25) is 0 Å². The number of hydrogen-bond acceptors (Lipinski definition) is 6. The van der Waals surface area contributed by atoms with E-state index in [1.807, 2.05) is 31.2 Å². The maximum atomic E-state index is 12.3. The van der Waals surface area contributed by atoms with Crippen molar-refractivity contribution in [3.63, 3.8) is 0 Å². The van der Waals surface area contributed by atoms with Gasteiger partial charge in [-0.05, 0) is 31.2 Å². The lowest BCUT2D eigenvalue weighted by molar-refractivity contribution is -0.128. The zero-order chi connectivity index (χ0) is 18.4. The fourth-order valence-electron chi connectivity index (χ4n) is 2.63. The molecule has 2 heterocycles. The van der Waals surface area contributed by atoms with E-state index in [-0.39, 0.29) is 18.0 Å². The summed E-state index contributed by atoms with van der Waals surface area (Å²) in [6.07, 6.45) is 1.40. The van der Waals surface area contributed by atoms with E-state index >= 15 is 0 Å². The Kier molecular flexibility index (Phi) is 5.98. The highest BCUT2D eigenvalue weighted by Crippen LogP contribution is 2.19. The minimum Gasteiger partial charge on any atom is -0.494 e. The molecule has 138 valence electrons. The van der Waals surface area contributed by atoms with Crippen LogP contribution in [0.4, 0.5) is 0 Å². The predicted octanol–water partition coefficient (Wildman–Crippen LogP) is 0.672. The van der Waals surface area contributed by atoms with Gasteiger partial charge >= 0.3 is 0 Å². The van der Waals surface area contributed by atoms with Crippen LogP contribution in [0.1, 0.15) is 6.92 Å². The molecule has 1 fully saturated rings. The number of morpholine rings is 1. The van der Waals surface area contributed by atoms with E-state index in [1.165, 1.54) is 17.0 Å².